The number of anilines is 2. The molecule has 0 aliphatic heterocycles. The molecule has 8 nitrogen and oxygen atoms in total. The van der Waals surface area contributed by atoms with E-state index in [1.165, 1.54) is 23.1 Å². The Kier molecular flexibility index (Phi) is 11.9. The quantitative estimate of drug-likeness (QED) is 0.0809. The van der Waals surface area contributed by atoms with Crippen molar-refractivity contribution >= 4 is 57.7 Å². The fourth-order valence-corrected chi connectivity index (χ4v) is 6.97. The topological polar surface area (TPSA) is 109 Å². The molecular formula is C42H36N4O4S2. The minimum atomic E-state index is -0.573. The molecule has 0 aliphatic carbocycles. The molecule has 52 heavy (non-hydrogen) atoms. The van der Waals surface area contributed by atoms with Crippen molar-refractivity contribution in [2.75, 3.05) is 17.2 Å². The molecule has 5 aromatic carbocycles. The van der Waals surface area contributed by atoms with Crippen molar-refractivity contribution in [2.24, 2.45) is 0 Å². The number of aryl methyl sites for hydroxylation is 1. The highest BCUT2D eigenvalue weighted by molar-refractivity contribution is 8.00. The third kappa shape index (κ3) is 9.42. The number of thioether (sulfide) groups is 1. The van der Waals surface area contributed by atoms with Gasteiger partial charge in [-0.25, -0.2) is 4.98 Å². The molecule has 0 radical (unpaired) electrons. The smallest absolute Gasteiger partial charge is 0.272 e. The van der Waals surface area contributed by atoms with Gasteiger partial charge in [-0.3, -0.25) is 14.4 Å². The lowest BCUT2D eigenvalue weighted by Crippen LogP contribution is -2.30. The van der Waals surface area contributed by atoms with Gasteiger partial charge in [0.25, 0.3) is 11.8 Å². The first-order valence-electron chi connectivity index (χ1n) is 16.6. The van der Waals surface area contributed by atoms with Crippen LogP contribution in [-0.2, 0) is 9.59 Å². The van der Waals surface area contributed by atoms with E-state index in [-0.39, 0.29) is 11.6 Å². The number of benzene rings is 5. The summed E-state index contributed by atoms with van der Waals surface area (Å²) in [6.07, 6.45) is 1.67. The van der Waals surface area contributed by atoms with Crippen molar-refractivity contribution in [1.82, 2.24) is 10.3 Å². The third-order valence-electron chi connectivity index (χ3n) is 7.92. The predicted molar refractivity (Wildman–Crippen MR) is 211 cm³/mol. The van der Waals surface area contributed by atoms with Crippen molar-refractivity contribution in [3.63, 3.8) is 0 Å². The highest BCUT2D eigenvalue weighted by Crippen LogP contribution is 2.37. The minimum Gasteiger partial charge on any atom is -0.494 e. The predicted octanol–water partition coefficient (Wildman–Crippen LogP) is 9.40. The average Bonchev–Trinajstić information content (AvgIpc) is 3.64. The van der Waals surface area contributed by atoms with E-state index in [2.05, 4.69) is 20.9 Å². The van der Waals surface area contributed by atoms with E-state index in [4.69, 9.17) is 4.74 Å². The SMILES string of the molecule is CCOc1ccc(-c2csc(NC(=O)C(Sc3ccc(NC(=O)/C(=C/c4ccccc4C)NC(=O)c4ccccc4)cc3)c3ccccc3)n2)cc1. The Balaban J connectivity index is 1.16. The molecule has 0 saturated carbocycles. The van der Waals surface area contributed by atoms with Crippen LogP contribution in [0.25, 0.3) is 17.3 Å². The van der Waals surface area contributed by atoms with Gasteiger partial charge in [0, 0.05) is 27.1 Å². The Morgan fingerprint density at radius 3 is 2.17 bits per heavy atom. The summed E-state index contributed by atoms with van der Waals surface area (Å²) in [6, 6.07) is 40.9. The van der Waals surface area contributed by atoms with Gasteiger partial charge >= 0.3 is 0 Å². The number of carbonyl (C=O) groups is 3. The molecule has 1 heterocycles. The Morgan fingerprint density at radius 1 is 0.808 bits per heavy atom. The molecule has 1 unspecified atom stereocenters. The van der Waals surface area contributed by atoms with Gasteiger partial charge in [-0.1, -0.05) is 72.8 Å². The lowest BCUT2D eigenvalue weighted by Gasteiger charge is -2.17. The van der Waals surface area contributed by atoms with Crippen molar-refractivity contribution < 1.29 is 19.1 Å². The van der Waals surface area contributed by atoms with Gasteiger partial charge in [-0.15, -0.1) is 23.1 Å². The highest BCUT2D eigenvalue weighted by Gasteiger charge is 2.24. The molecule has 0 spiro atoms. The monoisotopic (exact) mass is 724 g/mol. The molecule has 0 aliphatic rings. The number of nitrogens with one attached hydrogen (secondary N) is 3. The zero-order valence-electron chi connectivity index (χ0n) is 28.5. The molecule has 10 heteroatoms. The summed E-state index contributed by atoms with van der Waals surface area (Å²) in [5.74, 6) is -0.276. The van der Waals surface area contributed by atoms with E-state index >= 15 is 0 Å². The maximum atomic E-state index is 13.8. The van der Waals surface area contributed by atoms with E-state index in [0.717, 1.165) is 38.6 Å². The van der Waals surface area contributed by atoms with Gasteiger partial charge in [0.05, 0.1) is 12.3 Å². The van der Waals surface area contributed by atoms with Crippen LogP contribution in [0.2, 0.25) is 0 Å². The van der Waals surface area contributed by atoms with Crippen LogP contribution in [-0.4, -0.2) is 29.3 Å². The van der Waals surface area contributed by atoms with Crippen LogP contribution in [0.1, 0.15) is 39.2 Å². The molecular weight excluding hydrogens is 689 g/mol. The van der Waals surface area contributed by atoms with Gasteiger partial charge in [0.2, 0.25) is 5.91 Å². The minimum absolute atomic E-state index is 0.107. The van der Waals surface area contributed by atoms with Crippen LogP contribution < -0.4 is 20.7 Å². The van der Waals surface area contributed by atoms with Gasteiger partial charge < -0.3 is 20.7 Å². The second-order valence-electron chi connectivity index (χ2n) is 11.6. The molecule has 3 N–H and O–H groups in total. The third-order valence-corrected chi connectivity index (χ3v) is 9.94. The van der Waals surface area contributed by atoms with E-state index in [9.17, 15) is 14.4 Å². The maximum absolute atomic E-state index is 13.8. The van der Waals surface area contributed by atoms with Crippen LogP contribution in [0, 0.1) is 6.92 Å². The molecule has 0 fully saturated rings. The first-order chi connectivity index (χ1) is 25.4. The summed E-state index contributed by atoms with van der Waals surface area (Å²) < 4.78 is 5.54. The molecule has 260 valence electrons. The number of nitrogens with zero attached hydrogens (tertiary/aromatic N) is 1. The van der Waals surface area contributed by atoms with Crippen molar-refractivity contribution in [2.45, 2.75) is 24.0 Å². The number of carbonyl (C=O) groups excluding carboxylic acids is 3. The number of hydrogen-bond acceptors (Lipinski definition) is 7. The Bertz CT molecular complexity index is 2170. The van der Waals surface area contributed by atoms with Crippen LogP contribution in [0.5, 0.6) is 5.75 Å². The highest BCUT2D eigenvalue weighted by atomic mass is 32.2. The van der Waals surface area contributed by atoms with Crippen LogP contribution in [0.15, 0.2) is 149 Å². The zero-order chi connectivity index (χ0) is 36.3. The molecule has 1 atom stereocenters. The Morgan fingerprint density at radius 2 is 1.48 bits per heavy atom. The number of rotatable bonds is 13. The average molecular weight is 725 g/mol. The van der Waals surface area contributed by atoms with E-state index in [1.54, 1.807) is 42.5 Å². The summed E-state index contributed by atoms with van der Waals surface area (Å²) in [5.41, 5.74) is 5.38. The number of ether oxygens (including phenoxy) is 1. The largest absolute Gasteiger partial charge is 0.494 e. The number of aromatic nitrogens is 1. The van der Waals surface area contributed by atoms with Gasteiger partial charge in [0.1, 0.15) is 16.7 Å². The summed E-state index contributed by atoms with van der Waals surface area (Å²) >= 11 is 2.76. The Hall–Kier alpha value is -5.97. The van der Waals surface area contributed by atoms with E-state index in [1.807, 2.05) is 116 Å². The first kappa shape index (κ1) is 35.8. The molecule has 6 aromatic rings. The van der Waals surface area contributed by atoms with Crippen LogP contribution >= 0.6 is 23.1 Å². The summed E-state index contributed by atoms with van der Waals surface area (Å²) in [5, 5.41) is 10.5. The molecule has 6 rings (SSSR count). The summed E-state index contributed by atoms with van der Waals surface area (Å²) in [6.45, 7) is 4.48. The number of amides is 3. The van der Waals surface area contributed by atoms with Gasteiger partial charge in [-0.05, 0) is 97.3 Å². The fraction of sp³-hybridized carbons (Fsp3) is 0.0952. The number of hydrogen-bond donors (Lipinski definition) is 3. The maximum Gasteiger partial charge on any atom is 0.272 e. The second-order valence-corrected chi connectivity index (χ2v) is 13.6. The lowest BCUT2D eigenvalue weighted by molar-refractivity contribution is -0.116. The standard InChI is InChI=1S/C42H36N4O4S2/c1-3-50-34-22-18-29(19-23-34)37-27-51-42(45-37)46-41(49)38(30-13-6-4-7-14-30)52-35-24-20-33(21-25-35)43-40(48)36(26-32-17-11-10-12-28(32)2)44-39(47)31-15-8-5-9-16-31/h4-27,38H,3H2,1-2H3,(H,43,48)(H,44,47)(H,45,46,49)/b36-26-. The van der Waals surface area contributed by atoms with Crippen molar-refractivity contribution in [1.29, 1.82) is 0 Å². The summed E-state index contributed by atoms with van der Waals surface area (Å²) in [7, 11) is 0. The van der Waals surface area contributed by atoms with Crippen LogP contribution in [0.4, 0.5) is 10.8 Å². The molecule has 0 saturated heterocycles. The van der Waals surface area contributed by atoms with E-state index in [0.29, 0.717) is 23.0 Å². The van der Waals surface area contributed by atoms with Gasteiger partial charge in [-0.2, -0.15) is 0 Å². The zero-order valence-corrected chi connectivity index (χ0v) is 30.2. The second kappa shape index (κ2) is 17.3. The molecule has 1 aromatic heterocycles. The Labute approximate surface area is 311 Å². The van der Waals surface area contributed by atoms with Crippen molar-refractivity contribution in [3.05, 3.63) is 167 Å². The normalized spacial score (nSPS) is 11.7. The molecule has 3 amide bonds. The lowest BCUT2D eigenvalue weighted by atomic mass is 10.1. The first-order valence-corrected chi connectivity index (χ1v) is 18.4. The van der Waals surface area contributed by atoms with Crippen LogP contribution in [0.3, 0.4) is 0 Å². The number of thiazole rings is 1. The van der Waals surface area contributed by atoms with Gasteiger partial charge in [0.15, 0.2) is 5.13 Å². The fourth-order valence-electron chi connectivity index (χ4n) is 5.22. The molecule has 0 bridgehead atoms. The van der Waals surface area contributed by atoms with E-state index < -0.39 is 17.1 Å². The summed E-state index contributed by atoms with van der Waals surface area (Å²) in [4.78, 5) is 45.9. The van der Waals surface area contributed by atoms with Crippen molar-refractivity contribution in [3.8, 4) is 17.0 Å².